The first-order valence-corrected chi connectivity index (χ1v) is 8.02. The van der Waals surface area contributed by atoms with Crippen molar-refractivity contribution in [2.24, 2.45) is 0 Å². The van der Waals surface area contributed by atoms with Crippen molar-refractivity contribution in [1.29, 1.82) is 0 Å². The third-order valence-corrected chi connectivity index (χ3v) is 3.75. The van der Waals surface area contributed by atoms with Gasteiger partial charge in [0.05, 0.1) is 17.1 Å². The van der Waals surface area contributed by atoms with Crippen LogP contribution < -0.4 is 4.74 Å². The number of carbonyl (C=O) groups excluding carboxylic acids is 2. The monoisotopic (exact) mass is 357 g/mol. The number of ether oxygens (including phenoxy) is 2. The highest BCUT2D eigenvalue weighted by Crippen LogP contribution is 2.23. The number of nitro benzene ring substituents is 1. The number of nitro groups is 1. The molecule has 136 valence electrons. The first-order chi connectivity index (χ1) is 12.3. The molecule has 2 aromatic carbocycles. The van der Waals surface area contributed by atoms with Gasteiger partial charge in [0.2, 0.25) is 0 Å². The fourth-order valence-electron chi connectivity index (χ4n) is 2.42. The molecule has 0 fully saturated rings. The Kier molecular flexibility index (Phi) is 6.06. The molecule has 7 heteroatoms. The Morgan fingerprint density at radius 1 is 1.12 bits per heavy atom. The minimum Gasteiger partial charge on any atom is -0.493 e. The third-order valence-electron chi connectivity index (χ3n) is 3.75. The quantitative estimate of drug-likeness (QED) is 0.323. The molecule has 0 amide bonds. The summed E-state index contributed by atoms with van der Waals surface area (Å²) in [5, 5.41) is 10.8. The average Bonchev–Trinajstić information content (AvgIpc) is 2.60. The minimum absolute atomic E-state index is 0.0608. The van der Waals surface area contributed by atoms with Crippen molar-refractivity contribution >= 4 is 17.4 Å². The van der Waals surface area contributed by atoms with Gasteiger partial charge in [0.15, 0.2) is 5.78 Å². The molecule has 26 heavy (non-hydrogen) atoms. The van der Waals surface area contributed by atoms with Crippen molar-refractivity contribution < 1.29 is 24.0 Å². The topological polar surface area (TPSA) is 95.7 Å². The van der Waals surface area contributed by atoms with Gasteiger partial charge in [0.25, 0.3) is 5.69 Å². The molecule has 2 rings (SSSR count). The summed E-state index contributed by atoms with van der Waals surface area (Å²) in [5.74, 6) is -0.185. The third kappa shape index (κ3) is 4.44. The number of hydrogen-bond donors (Lipinski definition) is 0. The summed E-state index contributed by atoms with van der Waals surface area (Å²) in [6, 6.07) is 8.98. The van der Waals surface area contributed by atoms with Crippen LogP contribution in [-0.2, 0) is 11.3 Å². The van der Waals surface area contributed by atoms with Crippen LogP contribution in [0.1, 0.15) is 45.7 Å². The molecule has 0 N–H and O–H groups in total. The zero-order valence-electron chi connectivity index (χ0n) is 14.8. The zero-order chi connectivity index (χ0) is 19.3. The van der Waals surface area contributed by atoms with Crippen molar-refractivity contribution in [2.45, 2.75) is 27.4 Å². The maximum absolute atomic E-state index is 12.2. The molecule has 0 atom stereocenters. The highest BCUT2D eigenvalue weighted by atomic mass is 16.6. The van der Waals surface area contributed by atoms with Crippen molar-refractivity contribution in [3.63, 3.8) is 0 Å². The number of Topliss-reactive ketones (excluding diaryl/α,β-unsaturated/α-hetero) is 1. The van der Waals surface area contributed by atoms with Crippen molar-refractivity contribution in [3.8, 4) is 5.75 Å². The molecular formula is C19H19NO6. The molecular weight excluding hydrogens is 338 g/mol. The summed E-state index contributed by atoms with van der Waals surface area (Å²) in [6.07, 6.45) is 0. The summed E-state index contributed by atoms with van der Waals surface area (Å²) < 4.78 is 10.8. The lowest BCUT2D eigenvalue weighted by molar-refractivity contribution is -0.385. The number of ketones is 1. The molecule has 0 unspecified atom stereocenters. The van der Waals surface area contributed by atoms with Gasteiger partial charge < -0.3 is 9.47 Å². The van der Waals surface area contributed by atoms with Gasteiger partial charge in [-0.05, 0) is 51.1 Å². The van der Waals surface area contributed by atoms with Gasteiger partial charge in [-0.2, -0.15) is 0 Å². The molecule has 0 aliphatic carbocycles. The van der Waals surface area contributed by atoms with Crippen LogP contribution in [-0.4, -0.2) is 23.3 Å². The van der Waals surface area contributed by atoms with E-state index in [0.29, 0.717) is 29.0 Å². The van der Waals surface area contributed by atoms with Crippen LogP contribution in [0, 0.1) is 17.0 Å². The maximum Gasteiger partial charge on any atom is 0.338 e. The summed E-state index contributed by atoms with van der Waals surface area (Å²) in [7, 11) is 0. The average molecular weight is 357 g/mol. The lowest BCUT2D eigenvalue weighted by atomic mass is 10.1. The molecule has 2 aromatic rings. The highest BCUT2D eigenvalue weighted by molar-refractivity contribution is 5.94. The molecule has 0 spiro atoms. The normalized spacial score (nSPS) is 10.3. The summed E-state index contributed by atoms with van der Waals surface area (Å²) in [6.45, 7) is 5.19. The van der Waals surface area contributed by atoms with Crippen LogP contribution in [0.3, 0.4) is 0 Å². The predicted octanol–water partition coefficient (Wildman–Crippen LogP) is 3.86. The molecule has 0 saturated carbocycles. The lowest BCUT2D eigenvalue weighted by Gasteiger charge is -2.12. The number of rotatable bonds is 7. The largest absolute Gasteiger partial charge is 0.493 e. The van der Waals surface area contributed by atoms with Gasteiger partial charge in [-0.25, -0.2) is 4.79 Å². The van der Waals surface area contributed by atoms with E-state index in [1.54, 1.807) is 25.1 Å². The fourth-order valence-corrected chi connectivity index (χ4v) is 2.42. The fraction of sp³-hybridized carbons (Fsp3) is 0.263. The van der Waals surface area contributed by atoms with Gasteiger partial charge >= 0.3 is 5.97 Å². The van der Waals surface area contributed by atoms with E-state index in [1.807, 2.05) is 6.92 Å². The second-order valence-electron chi connectivity index (χ2n) is 5.65. The Hall–Kier alpha value is -3.22. The second-order valence-corrected chi connectivity index (χ2v) is 5.65. The van der Waals surface area contributed by atoms with E-state index in [4.69, 9.17) is 9.47 Å². The SMILES string of the molecule is CCOc1ccc(C(C)=O)cc1COC(=O)c1ccc([N+](=O)[O-])c(C)c1. The second kappa shape index (κ2) is 8.24. The van der Waals surface area contributed by atoms with Crippen LogP contribution in [0.5, 0.6) is 5.75 Å². The van der Waals surface area contributed by atoms with Crippen LogP contribution in [0.4, 0.5) is 5.69 Å². The van der Waals surface area contributed by atoms with E-state index >= 15 is 0 Å². The first-order valence-electron chi connectivity index (χ1n) is 8.02. The number of carbonyl (C=O) groups is 2. The van der Waals surface area contributed by atoms with Crippen LogP contribution >= 0.6 is 0 Å². The van der Waals surface area contributed by atoms with E-state index in [1.165, 1.54) is 25.1 Å². The van der Waals surface area contributed by atoms with E-state index < -0.39 is 10.9 Å². The summed E-state index contributed by atoms with van der Waals surface area (Å²) in [4.78, 5) is 34.1. The number of hydrogen-bond acceptors (Lipinski definition) is 6. The van der Waals surface area contributed by atoms with Gasteiger partial charge in [0.1, 0.15) is 12.4 Å². The molecule has 0 bridgehead atoms. The Labute approximate surface area is 150 Å². The molecule has 0 aromatic heterocycles. The number of aryl methyl sites for hydroxylation is 1. The van der Waals surface area contributed by atoms with Gasteiger partial charge in [-0.3, -0.25) is 14.9 Å². The Morgan fingerprint density at radius 2 is 1.81 bits per heavy atom. The van der Waals surface area contributed by atoms with Crippen LogP contribution in [0.25, 0.3) is 0 Å². The van der Waals surface area contributed by atoms with E-state index in [2.05, 4.69) is 0 Å². The minimum atomic E-state index is -0.612. The van der Waals surface area contributed by atoms with Crippen molar-refractivity contribution in [2.75, 3.05) is 6.61 Å². The number of esters is 1. The van der Waals surface area contributed by atoms with E-state index in [-0.39, 0.29) is 23.6 Å². The number of benzene rings is 2. The van der Waals surface area contributed by atoms with E-state index in [0.717, 1.165) is 0 Å². The maximum atomic E-state index is 12.2. The predicted molar refractivity (Wildman–Crippen MR) is 94.6 cm³/mol. The Balaban J connectivity index is 2.18. The van der Waals surface area contributed by atoms with Gasteiger partial charge in [-0.1, -0.05) is 0 Å². The number of nitrogens with zero attached hydrogens (tertiary/aromatic N) is 1. The smallest absolute Gasteiger partial charge is 0.338 e. The standard InChI is InChI=1S/C19H19NO6/c1-4-25-18-8-6-14(13(3)21)10-16(18)11-26-19(22)15-5-7-17(20(23)24)12(2)9-15/h5-10H,4,11H2,1-3H3. The van der Waals surface area contributed by atoms with Gasteiger partial charge in [0, 0.05) is 22.8 Å². The molecule has 0 aliphatic rings. The highest BCUT2D eigenvalue weighted by Gasteiger charge is 2.16. The molecule has 0 aliphatic heterocycles. The van der Waals surface area contributed by atoms with E-state index in [9.17, 15) is 19.7 Å². The molecule has 0 saturated heterocycles. The lowest BCUT2D eigenvalue weighted by Crippen LogP contribution is -2.08. The molecule has 0 heterocycles. The Morgan fingerprint density at radius 3 is 2.38 bits per heavy atom. The van der Waals surface area contributed by atoms with Gasteiger partial charge in [-0.15, -0.1) is 0 Å². The summed E-state index contributed by atoms with van der Waals surface area (Å²) in [5.41, 5.74) is 1.60. The molecule has 7 nitrogen and oxygen atoms in total. The van der Waals surface area contributed by atoms with Crippen molar-refractivity contribution in [1.82, 2.24) is 0 Å². The van der Waals surface area contributed by atoms with Crippen molar-refractivity contribution in [3.05, 3.63) is 68.8 Å². The zero-order valence-corrected chi connectivity index (χ0v) is 14.8. The van der Waals surface area contributed by atoms with Crippen LogP contribution in [0.2, 0.25) is 0 Å². The molecule has 0 radical (unpaired) electrons. The first kappa shape index (κ1) is 19.1. The Bertz CT molecular complexity index is 859. The van der Waals surface area contributed by atoms with Crippen LogP contribution in [0.15, 0.2) is 36.4 Å². The summed E-state index contributed by atoms with van der Waals surface area (Å²) >= 11 is 0.